The van der Waals surface area contributed by atoms with Gasteiger partial charge in [-0.05, 0) is 35.2 Å². The number of phenolic OH excluding ortho intramolecular Hbond substituents is 1. The van der Waals surface area contributed by atoms with E-state index in [-0.39, 0.29) is 11.1 Å². The van der Waals surface area contributed by atoms with E-state index in [1.165, 1.54) is 17.7 Å². The van der Waals surface area contributed by atoms with Crippen molar-refractivity contribution in [2.45, 2.75) is 18.4 Å². The second-order valence-corrected chi connectivity index (χ2v) is 5.33. The Kier molecular flexibility index (Phi) is 2.96. The van der Waals surface area contributed by atoms with Crippen LogP contribution in [0, 0.1) is 5.82 Å². The number of benzene rings is 2. The highest BCUT2D eigenvalue weighted by atomic mass is 35.5. The van der Waals surface area contributed by atoms with E-state index >= 15 is 0 Å². The molecule has 98 valence electrons. The van der Waals surface area contributed by atoms with E-state index in [2.05, 4.69) is 0 Å². The van der Waals surface area contributed by atoms with Gasteiger partial charge in [-0.1, -0.05) is 35.9 Å². The lowest BCUT2D eigenvalue weighted by atomic mass is 10.0. The molecule has 0 unspecified atom stereocenters. The molecule has 4 heteroatoms. The highest BCUT2D eigenvalue weighted by Gasteiger charge is 2.34. The molecule has 3 rings (SSSR count). The minimum absolute atomic E-state index is 0.0803. The molecule has 1 fully saturated rings. The maximum absolute atomic E-state index is 13.3. The lowest BCUT2D eigenvalue weighted by molar-refractivity contribution is 0.433. The molecule has 0 radical (unpaired) electrons. The quantitative estimate of drug-likeness (QED) is 0.880. The summed E-state index contributed by atoms with van der Waals surface area (Å²) in [5, 5.41) is 9.37. The predicted octanol–water partition coefficient (Wildman–Crippen LogP) is 3.67. The smallest absolute Gasteiger partial charge is 0.183 e. The van der Waals surface area contributed by atoms with E-state index in [0.717, 1.165) is 12.0 Å². The highest BCUT2D eigenvalue weighted by Crippen LogP contribution is 2.39. The minimum Gasteiger partial charge on any atom is -0.505 e. The van der Waals surface area contributed by atoms with Gasteiger partial charge in [0, 0.05) is 12.0 Å². The van der Waals surface area contributed by atoms with Gasteiger partial charge in [-0.3, -0.25) is 0 Å². The van der Waals surface area contributed by atoms with E-state index < -0.39 is 11.6 Å². The fraction of sp³-hybridized carbons (Fsp3) is 0.200. The van der Waals surface area contributed by atoms with Gasteiger partial charge in [0.05, 0.1) is 5.02 Å². The summed E-state index contributed by atoms with van der Waals surface area (Å²) in [5.41, 5.74) is 8.60. The second-order valence-electron chi connectivity index (χ2n) is 4.92. The fourth-order valence-electron chi connectivity index (χ4n) is 2.26. The van der Waals surface area contributed by atoms with Crippen LogP contribution in [-0.4, -0.2) is 11.1 Å². The summed E-state index contributed by atoms with van der Waals surface area (Å²) >= 11 is 5.73. The molecule has 2 aromatic carbocycles. The largest absolute Gasteiger partial charge is 0.505 e. The minimum atomic E-state index is -0.786. The van der Waals surface area contributed by atoms with Crippen molar-refractivity contribution in [1.82, 2.24) is 0 Å². The third kappa shape index (κ3) is 2.31. The van der Waals surface area contributed by atoms with Gasteiger partial charge < -0.3 is 10.8 Å². The number of halogens is 2. The van der Waals surface area contributed by atoms with Crippen LogP contribution in [-0.2, 0) is 0 Å². The summed E-state index contributed by atoms with van der Waals surface area (Å²) < 4.78 is 13.3. The summed E-state index contributed by atoms with van der Waals surface area (Å²) in [4.78, 5) is 0. The molecule has 1 saturated carbocycles. The first-order valence-corrected chi connectivity index (χ1v) is 6.48. The number of nitrogens with two attached hydrogens (primary N) is 1. The molecule has 0 bridgehead atoms. The molecule has 0 heterocycles. The van der Waals surface area contributed by atoms with Crippen LogP contribution in [0.2, 0.25) is 5.02 Å². The molecule has 0 aliphatic heterocycles. The van der Waals surface area contributed by atoms with Crippen molar-refractivity contribution < 1.29 is 9.50 Å². The fourth-order valence-corrected chi connectivity index (χ4v) is 2.48. The van der Waals surface area contributed by atoms with E-state index in [4.69, 9.17) is 17.3 Å². The zero-order valence-corrected chi connectivity index (χ0v) is 10.9. The second kappa shape index (κ2) is 4.51. The summed E-state index contributed by atoms with van der Waals surface area (Å²) in [6, 6.07) is 11.1. The van der Waals surface area contributed by atoms with Gasteiger partial charge in [-0.2, -0.15) is 0 Å². The van der Waals surface area contributed by atoms with Crippen LogP contribution in [0.15, 0.2) is 36.4 Å². The van der Waals surface area contributed by atoms with Crippen LogP contribution in [0.25, 0.3) is 11.1 Å². The monoisotopic (exact) mass is 277 g/mol. The molecule has 3 N–H and O–H groups in total. The Morgan fingerprint density at radius 1 is 1.16 bits per heavy atom. The van der Waals surface area contributed by atoms with Gasteiger partial charge in [0.25, 0.3) is 0 Å². The summed E-state index contributed by atoms with van der Waals surface area (Å²) in [6.45, 7) is 0. The zero-order chi connectivity index (χ0) is 13.6. The average molecular weight is 278 g/mol. The average Bonchev–Trinajstić information content (AvgIpc) is 3.13. The highest BCUT2D eigenvalue weighted by molar-refractivity contribution is 6.31. The van der Waals surface area contributed by atoms with Crippen molar-refractivity contribution in [3.63, 3.8) is 0 Å². The van der Waals surface area contributed by atoms with Gasteiger partial charge in [-0.15, -0.1) is 0 Å². The topological polar surface area (TPSA) is 46.2 Å². The van der Waals surface area contributed by atoms with E-state index in [9.17, 15) is 9.50 Å². The first-order chi connectivity index (χ1) is 9.06. The van der Waals surface area contributed by atoms with Crippen LogP contribution in [0.1, 0.15) is 17.9 Å². The van der Waals surface area contributed by atoms with Crippen molar-refractivity contribution in [1.29, 1.82) is 0 Å². The number of phenols is 1. The molecule has 0 aromatic heterocycles. The molecular weight excluding hydrogens is 265 g/mol. The standard InChI is InChI=1S/C15H13ClFNO/c16-12-5-10(6-14(19)15(12)17)8-1-3-9(4-2-8)11-7-13(11)18/h1-6,11,13,19H,7,18H2/t11-,13+/m1/s1. The van der Waals surface area contributed by atoms with Gasteiger partial charge in [0.1, 0.15) is 0 Å². The summed E-state index contributed by atoms with van der Waals surface area (Å²) in [7, 11) is 0. The number of hydrogen-bond acceptors (Lipinski definition) is 2. The third-order valence-corrected chi connectivity index (χ3v) is 3.80. The Bertz CT molecular complexity index is 604. The van der Waals surface area contributed by atoms with E-state index in [1.807, 2.05) is 24.3 Å². The lowest BCUT2D eigenvalue weighted by Gasteiger charge is -2.06. The Labute approximate surface area is 115 Å². The maximum atomic E-state index is 13.3. The van der Waals surface area contributed by atoms with Crippen molar-refractivity contribution in [2.24, 2.45) is 5.73 Å². The van der Waals surface area contributed by atoms with Gasteiger partial charge in [0.15, 0.2) is 11.6 Å². The molecule has 2 nitrogen and oxygen atoms in total. The molecule has 0 saturated heterocycles. The van der Waals surface area contributed by atoms with Gasteiger partial charge in [0.2, 0.25) is 0 Å². The first-order valence-electron chi connectivity index (χ1n) is 6.10. The van der Waals surface area contributed by atoms with Crippen LogP contribution in [0.5, 0.6) is 5.75 Å². The Balaban J connectivity index is 1.94. The number of aromatic hydroxyl groups is 1. The SMILES string of the molecule is N[C@H]1C[C@@H]1c1ccc(-c2cc(O)c(F)c(Cl)c2)cc1. The van der Waals surface area contributed by atoms with Crippen LogP contribution in [0.3, 0.4) is 0 Å². The predicted molar refractivity (Wildman–Crippen MR) is 73.8 cm³/mol. The zero-order valence-electron chi connectivity index (χ0n) is 10.1. The van der Waals surface area contributed by atoms with Crippen molar-refractivity contribution in [3.05, 3.63) is 52.8 Å². The van der Waals surface area contributed by atoms with Crippen LogP contribution >= 0.6 is 11.6 Å². The van der Waals surface area contributed by atoms with E-state index in [1.54, 1.807) is 0 Å². The normalized spacial score (nSPS) is 21.4. The Hall–Kier alpha value is -1.58. The maximum Gasteiger partial charge on any atom is 0.183 e. The molecule has 0 spiro atoms. The Morgan fingerprint density at radius 3 is 2.32 bits per heavy atom. The Morgan fingerprint density at radius 2 is 1.79 bits per heavy atom. The number of rotatable bonds is 2. The summed E-state index contributed by atoms with van der Waals surface area (Å²) in [5.74, 6) is -0.763. The lowest BCUT2D eigenvalue weighted by Crippen LogP contribution is -2.00. The first kappa shape index (κ1) is 12.5. The van der Waals surface area contributed by atoms with E-state index in [0.29, 0.717) is 11.5 Å². The van der Waals surface area contributed by atoms with Crippen LogP contribution < -0.4 is 5.73 Å². The molecule has 1 aliphatic carbocycles. The van der Waals surface area contributed by atoms with Gasteiger partial charge in [-0.25, -0.2) is 4.39 Å². The molecular formula is C15H13ClFNO. The van der Waals surface area contributed by atoms with Crippen molar-refractivity contribution in [2.75, 3.05) is 0 Å². The molecule has 19 heavy (non-hydrogen) atoms. The van der Waals surface area contributed by atoms with Gasteiger partial charge >= 0.3 is 0 Å². The number of hydrogen-bond donors (Lipinski definition) is 2. The molecule has 2 aromatic rings. The molecule has 0 amide bonds. The van der Waals surface area contributed by atoms with Crippen LogP contribution in [0.4, 0.5) is 4.39 Å². The molecule has 1 aliphatic rings. The third-order valence-electron chi connectivity index (χ3n) is 3.52. The molecule has 2 atom stereocenters. The van der Waals surface area contributed by atoms with Crippen molar-refractivity contribution >= 4 is 11.6 Å². The summed E-state index contributed by atoms with van der Waals surface area (Å²) in [6.07, 6.45) is 1.03. The van der Waals surface area contributed by atoms with Crippen molar-refractivity contribution in [3.8, 4) is 16.9 Å².